The fourth-order valence-corrected chi connectivity index (χ4v) is 5.89. The van der Waals surface area contributed by atoms with Crippen molar-refractivity contribution >= 4 is 11.8 Å². The molecule has 2 rings (SSSR count). The highest BCUT2D eigenvalue weighted by molar-refractivity contribution is 5.85. The lowest BCUT2D eigenvalue weighted by molar-refractivity contribution is -0.164. The number of Topliss-reactive ketones (excluding diaryl/α,β-unsaturated/α-hetero) is 1. The highest BCUT2D eigenvalue weighted by Gasteiger charge is 2.56. The molecule has 3 nitrogen and oxygen atoms in total. The van der Waals surface area contributed by atoms with E-state index in [4.69, 9.17) is 4.74 Å². The third kappa shape index (κ3) is 3.55. The lowest BCUT2D eigenvalue weighted by Gasteiger charge is -2.57. The van der Waals surface area contributed by atoms with Crippen LogP contribution in [0.2, 0.25) is 0 Å². The van der Waals surface area contributed by atoms with Crippen LogP contribution in [0.5, 0.6) is 0 Å². The molecule has 0 amide bonds. The van der Waals surface area contributed by atoms with Gasteiger partial charge in [0.05, 0.1) is 0 Å². The number of ether oxygens (including phenoxy) is 1. The lowest BCUT2D eigenvalue weighted by atomic mass is 9.47. The third-order valence-corrected chi connectivity index (χ3v) is 7.00. The first kappa shape index (κ1) is 19.5. The van der Waals surface area contributed by atoms with E-state index in [2.05, 4.69) is 27.7 Å². The summed E-state index contributed by atoms with van der Waals surface area (Å²) >= 11 is 0. The topological polar surface area (TPSA) is 43.4 Å². The maximum absolute atomic E-state index is 13.2. The molecule has 138 valence electrons. The molecule has 3 heteroatoms. The van der Waals surface area contributed by atoms with Crippen LogP contribution in [-0.2, 0) is 14.3 Å². The SMILES string of the molecule is CCCCC1C(=O)[C@H](CC)C2C[C@H](OC(C)=O)CC[C@]2(C)C1CC. The van der Waals surface area contributed by atoms with Crippen LogP contribution in [-0.4, -0.2) is 17.9 Å². The van der Waals surface area contributed by atoms with E-state index >= 15 is 0 Å². The van der Waals surface area contributed by atoms with Crippen molar-refractivity contribution in [3.8, 4) is 0 Å². The molecule has 0 radical (unpaired) electrons. The molecular formula is C21H36O3. The standard InChI is InChI=1S/C21H36O3/c1-6-9-10-17-18(8-3)21(5)12-11-15(24-14(4)22)13-19(21)16(7-2)20(17)23/h15-19H,6-13H2,1-5H3/t15-,16-,17?,18?,19?,21-/m1/s1. The molecule has 24 heavy (non-hydrogen) atoms. The number of rotatable bonds is 6. The molecule has 0 aromatic rings. The Labute approximate surface area is 147 Å². The average molecular weight is 337 g/mol. The molecule has 0 aromatic heterocycles. The fourth-order valence-electron chi connectivity index (χ4n) is 5.89. The van der Waals surface area contributed by atoms with Gasteiger partial charge in [0.25, 0.3) is 0 Å². The number of hydrogen-bond acceptors (Lipinski definition) is 3. The number of esters is 1. The summed E-state index contributed by atoms with van der Waals surface area (Å²) in [5.41, 5.74) is 0.221. The summed E-state index contributed by atoms with van der Waals surface area (Å²) in [7, 11) is 0. The van der Waals surface area contributed by atoms with Crippen molar-refractivity contribution in [1.29, 1.82) is 0 Å². The Balaban J connectivity index is 2.29. The minimum atomic E-state index is -0.188. The summed E-state index contributed by atoms with van der Waals surface area (Å²) in [6, 6.07) is 0. The fraction of sp³-hybridized carbons (Fsp3) is 0.905. The van der Waals surface area contributed by atoms with Crippen LogP contribution in [0.4, 0.5) is 0 Å². The number of carbonyl (C=O) groups excluding carboxylic acids is 2. The minimum Gasteiger partial charge on any atom is -0.463 e. The molecule has 0 bridgehead atoms. The summed E-state index contributed by atoms with van der Waals surface area (Å²) in [4.78, 5) is 24.6. The van der Waals surface area contributed by atoms with E-state index in [1.165, 1.54) is 6.92 Å². The van der Waals surface area contributed by atoms with Crippen LogP contribution < -0.4 is 0 Å². The van der Waals surface area contributed by atoms with Crippen molar-refractivity contribution in [2.45, 2.75) is 92.1 Å². The molecule has 0 aromatic carbocycles. The van der Waals surface area contributed by atoms with Crippen molar-refractivity contribution in [2.24, 2.45) is 29.1 Å². The summed E-state index contributed by atoms with van der Waals surface area (Å²) in [6.07, 6.45) is 8.29. The number of fused-ring (bicyclic) bond motifs is 1. The van der Waals surface area contributed by atoms with Gasteiger partial charge in [-0.1, -0.05) is 47.0 Å². The van der Waals surface area contributed by atoms with Crippen molar-refractivity contribution in [1.82, 2.24) is 0 Å². The smallest absolute Gasteiger partial charge is 0.302 e. The molecule has 0 heterocycles. The van der Waals surface area contributed by atoms with E-state index in [-0.39, 0.29) is 29.3 Å². The van der Waals surface area contributed by atoms with E-state index in [9.17, 15) is 9.59 Å². The highest BCUT2D eigenvalue weighted by Crippen LogP contribution is 2.58. The Hall–Kier alpha value is -0.860. The maximum atomic E-state index is 13.2. The third-order valence-electron chi connectivity index (χ3n) is 7.00. The van der Waals surface area contributed by atoms with Gasteiger partial charge in [-0.3, -0.25) is 9.59 Å². The Bertz CT molecular complexity index is 458. The van der Waals surface area contributed by atoms with Gasteiger partial charge in [0.2, 0.25) is 0 Å². The van der Waals surface area contributed by atoms with Crippen LogP contribution in [0.25, 0.3) is 0 Å². The second kappa shape index (κ2) is 8.01. The van der Waals surface area contributed by atoms with Gasteiger partial charge in [-0.05, 0) is 49.4 Å². The van der Waals surface area contributed by atoms with Crippen molar-refractivity contribution in [2.75, 3.05) is 0 Å². The normalized spacial score (nSPS) is 39.4. The van der Waals surface area contributed by atoms with E-state index in [0.717, 1.165) is 51.4 Å². The number of hydrogen-bond donors (Lipinski definition) is 0. The first-order chi connectivity index (χ1) is 11.4. The van der Waals surface area contributed by atoms with E-state index in [1.807, 2.05) is 0 Å². The molecular weight excluding hydrogens is 300 g/mol. The zero-order valence-electron chi connectivity index (χ0n) is 16.3. The van der Waals surface area contributed by atoms with Gasteiger partial charge >= 0.3 is 5.97 Å². The van der Waals surface area contributed by atoms with Gasteiger partial charge in [-0.25, -0.2) is 0 Å². The number of carbonyl (C=O) groups is 2. The van der Waals surface area contributed by atoms with Crippen LogP contribution in [0.1, 0.15) is 86.0 Å². The largest absolute Gasteiger partial charge is 0.463 e. The van der Waals surface area contributed by atoms with Crippen molar-refractivity contribution < 1.29 is 14.3 Å². The average Bonchev–Trinajstić information content (AvgIpc) is 2.53. The Morgan fingerprint density at radius 1 is 1.21 bits per heavy atom. The van der Waals surface area contributed by atoms with Crippen LogP contribution in [0, 0.1) is 29.1 Å². The van der Waals surface area contributed by atoms with E-state index in [0.29, 0.717) is 17.6 Å². The Morgan fingerprint density at radius 3 is 2.46 bits per heavy atom. The van der Waals surface area contributed by atoms with Crippen LogP contribution >= 0.6 is 0 Å². The van der Waals surface area contributed by atoms with E-state index < -0.39 is 0 Å². The zero-order valence-corrected chi connectivity index (χ0v) is 16.3. The number of ketones is 1. The molecule has 6 atom stereocenters. The molecule has 0 spiro atoms. The minimum absolute atomic E-state index is 0.00660. The molecule has 2 saturated carbocycles. The summed E-state index contributed by atoms with van der Waals surface area (Å²) in [5.74, 6) is 1.57. The van der Waals surface area contributed by atoms with Gasteiger partial charge in [0.1, 0.15) is 11.9 Å². The van der Waals surface area contributed by atoms with Gasteiger partial charge in [0, 0.05) is 18.8 Å². The highest BCUT2D eigenvalue weighted by atomic mass is 16.5. The number of unbranched alkanes of at least 4 members (excludes halogenated alkanes) is 1. The van der Waals surface area contributed by atoms with Gasteiger partial charge in [-0.2, -0.15) is 0 Å². The quantitative estimate of drug-likeness (QED) is 0.629. The molecule has 0 aliphatic heterocycles. The maximum Gasteiger partial charge on any atom is 0.302 e. The summed E-state index contributed by atoms with van der Waals surface area (Å²) < 4.78 is 5.52. The van der Waals surface area contributed by atoms with Gasteiger partial charge in [0.15, 0.2) is 0 Å². The second-order valence-electron chi connectivity index (χ2n) is 8.30. The molecule has 2 aliphatic rings. The van der Waals surface area contributed by atoms with Crippen LogP contribution in [0.15, 0.2) is 0 Å². The lowest BCUT2D eigenvalue weighted by Crippen LogP contribution is -2.56. The molecule has 0 N–H and O–H groups in total. The second-order valence-corrected chi connectivity index (χ2v) is 8.30. The summed E-state index contributed by atoms with van der Waals surface area (Å²) in [5, 5.41) is 0. The van der Waals surface area contributed by atoms with Gasteiger partial charge in [-0.15, -0.1) is 0 Å². The van der Waals surface area contributed by atoms with Crippen molar-refractivity contribution in [3.05, 3.63) is 0 Å². The van der Waals surface area contributed by atoms with Crippen molar-refractivity contribution in [3.63, 3.8) is 0 Å². The van der Waals surface area contributed by atoms with E-state index in [1.54, 1.807) is 0 Å². The summed E-state index contributed by atoms with van der Waals surface area (Å²) in [6.45, 7) is 10.5. The molecule has 2 aliphatic carbocycles. The molecule has 3 unspecified atom stereocenters. The molecule has 0 saturated heterocycles. The molecule has 2 fully saturated rings. The van der Waals surface area contributed by atoms with Crippen LogP contribution in [0.3, 0.4) is 0 Å². The first-order valence-corrected chi connectivity index (χ1v) is 10.1. The Kier molecular flexibility index (Phi) is 6.50. The van der Waals surface area contributed by atoms with Gasteiger partial charge < -0.3 is 4.74 Å². The monoisotopic (exact) mass is 336 g/mol. The first-order valence-electron chi connectivity index (χ1n) is 10.1. The predicted molar refractivity (Wildman–Crippen MR) is 96.6 cm³/mol. The predicted octanol–water partition coefficient (Wildman–Crippen LogP) is 5.17. The Morgan fingerprint density at radius 2 is 1.92 bits per heavy atom. The zero-order chi connectivity index (χ0) is 17.9.